The quantitative estimate of drug-likeness (QED) is 0.405. The molecule has 0 aliphatic heterocycles. The van der Waals surface area contributed by atoms with E-state index in [4.69, 9.17) is 0 Å². The third-order valence-corrected chi connectivity index (χ3v) is 5.03. The van der Waals surface area contributed by atoms with E-state index in [1.54, 1.807) is 32.3 Å². The standard InChI is InChI=1S/C25H24N4O3/c1-4-22(30)28-19-7-5-6-16(10-19)18-11-20-21(13-27-24(20)26-12-18)17-8-9-23(31)29(14-17)15-25(2,3)32/h4-14,32H,1,15H2,2-3H3,(H,26,27)(H,28,30). The minimum atomic E-state index is -1.01. The molecule has 0 saturated heterocycles. The third kappa shape index (κ3) is 4.53. The number of nitrogens with one attached hydrogen (secondary N) is 2. The number of aromatic nitrogens is 3. The summed E-state index contributed by atoms with van der Waals surface area (Å²) in [6, 6.07) is 12.8. The molecule has 0 spiro atoms. The molecule has 7 heteroatoms. The fraction of sp³-hybridized carbons (Fsp3) is 0.160. The van der Waals surface area contributed by atoms with Crippen LogP contribution in [-0.2, 0) is 11.3 Å². The number of carbonyl (C=O) groups excluding carboxylic acids is 1. The summed E-state index contributed by atoms with van der Waals surface area (Å²) in [5, 5.41) is 13.8. The maximum absolute atomic E-state index is 12.2. The molecule has 0 fully saturated rings. The van der Waals surface area contributed by atoms with Crippen LogP contribution in [0.1, 0.15) is 13.8 Å². The number of H-pyrrole nitrogens is 1. The van der Waals surface area contributed by atoms with Gasteiger partial charge in [-0.1, -0.05) is 18.7 Å². The average Bonchev–Trinajstić information content (AvgIpc) is 3.18. The van der Waals surface area contributed by atoms with Crippen LogP contribution in [0, 0.1) is 0 Å². The van der Waals surface area contributed by atoms with E-state index in [9.17, 15) is 14.7 Å². The lowest BCUT2D eigenvalue weighted by Crippen LogP contribution is -2.32. The van der Waals surface area contributed by atoms with Crippen molar-refractivity contribution in [1.29, 1.82) is 0 Å². The third-order valence-electron chi connectivity index (χ3n) is 5.03. The summed E-state index contributed by atoms with van der Waals surface area (Å²) in [5.74, 6) is -0.273. The number of anilines is 1. The predicted octanol–water partition coefficient (Wildman–Crippen LogP) is 3.95. The molecule has 0 bridgehead atoms. The van der Waals surface area contributed by atoms with Gasteiger partial charge in [0.05, 0.1) is 12.1 Å². The minimum Gasteiger partial charge on any atom is -0.389 e. The van der Waals surface area contributed by atoms with E-state index >= 15 is 0 Å². The van der Waals surface area contributed by atoms with Gasteiger partial charge in [0, 0.05) is 52.4 Å². The summed E-state index contributed by atoms with van der Waals surface area (Å²) in [4.78, 5) is 31.6. The van der Waals surface area contributed by atoms with E-state index in [2.05, 4.69) is 21.9 Å². The highest BCUT2D eigenvalue weighted by Gasteiger charge is 2.16. The van der Waals surface area contributed by atoms with Gasteiger partial charge < -0.3 is 20.0 Å². The monoisotopic (exact) mass is 428 g/mol. The highest BCUT2D eigenvalue weighted by atomic mass is 16.3. The predicted molar refractivity (Wildman–Crippen MR) is 126 cm³/mol. The van der Waals surface area contributed by atoms with Crippen LogP contribution in [0.15, 0.2) is 78.5 Å². The van der Waals surface area contributed by atoms with Crippen LogP contribution >= 0.6 is 0 Å². The molecule has 4 rings (SSSR count). The molecule has 0 unspecified atom stereocenters. The molecule has 3 N–H and O–H groups in total. The Morgan fingerprint density at radius 2 is 2.03 bits per heavy atom. The van der Waals surface area contributed by atoms with Gasteiger partial charge in [-0.05, 0) is 49.8 Å². The van der Waals surface area contributed by atoms with Crippen molar-refractivity contribution < 1.29 is 9.90 Å². The second kappa shape index (κ2) is 8.28. The van der Waals surface area contributed by atoms with Crippen LogP contribution < -0.4 is 10.9 Å². The first-order valence-electron chi connectivity index (χ1n) is 10.2. The molecule has 0 aliphatic rings. The Balaban J connectivity index is 1.76. The Morgan fingerprint density at radius 3 is 2.78 bits per heavy atom. The van der Waals surface area contributed by atoms with Crippen molar-refractivity contribution in [3.05, 3.63) is 84.1 Å². The number of hydrogen-bond acceptors (Lipinski definition) is 4. The molecular formula is C25H24N4O3. The number of pyridine rings is 2. The number of hydrogen-bond donors (Lipinski definition) is 3. The summed E-state index contributed by atoms with van der Waals surface area (Å²) in [6.07, 6.45) is 6.60. The molecule has 7 nitrogen and oxygen atoms in total. The zero-order valence-corrected chi connectivity index (χ0v) is 17.9. The first-order valence-corrected chi connectivity index (χ1v) is 10.2. The number of rotatable bonds is 6. The van der Waals surface area contributed by atoms with E-state index in [0.717, 1.165) is 33.3 Å². The van der Waals surface area contributed by atoms with E-state index in [-0.39, 0.29) is 18.0 Å². The zero-order valence-electron chi connectivity index (χ0n) is 17.9. The molecule has 0 saturated carbocycles. The summed E-state index contributed by atoms with van der Waals surface area (Å²) in [7, 11) is 0. The maximum Gasteiger partial charge on any atom is 0.250 e. The lowest BCUT2D eigenvalue weighted by Gasteiger charge is -2.19. The summed E-state index contributed by atoms with van der Waals surface area (Å²) in [6.45, 7) is 7.00. The van der Waals surface area contributed by atoms with Crippen LogP contribution in [0.2, 0.25) is 0 Å². The van der Waals surface area contributed by atoms with Gasteiger partial charge in [0.25, 0.3) is 5.56 Å². The van der Waals surface area contributed by atoms with Crippen molar-refractivity contribution in [2.24, 2.45) is 0 Å². The molecule has 162 valence electrons. The Kier molecular flexibility index (Phi) is 5.50. The number of benzene rings is 1. The Hall–Kier alpha value is -3.97. The highest BCUT2D eigenvalue weighted by molar-refractivity contribution is 5.99. The summed E-state index contributed by atoms with van der Waals surface area (Å²) >= 11 is 0. The zero-order chi connectivity index (χ0) is 22.9. The van der Waals surface area contributed by atoms with Gasteiger partial charge in [0.2, 0.25) is 5.91 Å². The van der Waals surface area contributed by atoms with E-state index < -0.39 is 5.60 Å². The van der Waals surface area contributed by atoms with E-state index in [1.807, 2.05) is 36.5 Å². The number of aliphatic hydroxyl groups is 1. The molecular weight excluding hydrogens is 404 g/mol. The molecule has 3 heterocycles. The van der Waals surface area contributed by atoms with Crippen molar-refractivity contribution in [1.82, 2.24) is 14.5 Å². The van der Waals surface area contributed by atoms with Gasteiger partial charge in [-0.2, -0.15) is 0 Å². The molecule has 3 aromatic heterocycles. The SMILES string of the molecule is C=CC(=O)Nc1cccc(-c2cnc3[nH]cc(-c4ccc(=O)n(CC(C)(C)O)c4)c3c2)c1. The van der Waals surface area contributed by atoms with Crippen LogP contribution in [0.3, 0.4) is 0 Å². The van der Waals surface area contributed by atoms with Crippen molar-refractivity contribution in [2.45, 2.75) is 26.0 Å². The topological polar surface area (TPSA) is 100 Å². The number of amides is 1. The van der Waals surface area contributed by atoms with Crippen LogP contribution in [0.25, 0.3) is 33.3 Å². The van der Waals surface area contributed by atoms with Crippen molar-refractivity contribution in [2.75, 3.05) is 5.32 Å². The van der Waals surface area contributed by atoms with E-state index in [0.29, 0.717) is 5.69 Å². The second-order valence-corrected chi connectivity index (χ2v) is 8.29. The van der Waals surface area contributed by atoms with Gasteiger partial charge in [0.15, 0.2) is 0 Å². The lowest BCUT2D eigenvalue weighted by molar-refractivity contribution is -0.111. The van der Waals surface area contributed by atoms with Crippen molar-refractivity contribution >= 4 is 22.6 Å². The van der Waals surface area contributed by atoms with Gasteiger partial charge >= 0.3 is 0 Å². The molecule has 1 aromatic carbocycles. The van der Waals surface area contributed by atoms with Crippen LogP contribution in [0.5, 0.6) is 0 Å². The number of aromatic amines is 1. The Morgan fingerprint density at radius 1 is 1.22 bits per heavy atom. The molecule has 1 amide bonds. The van der Waals surface area contributed by atoms with Crippen LogP contribution in [-0.4, -0.2) is 31.1 Å². The molecule has 0 radical (unpaired) electrons. The molecule has 4 aromatic rings. The number of carbonyl (C=O) groups is 1. The molecule has 32 heavy (non-hydrogen) atoms. The fourth-order valence-electron chi connectivity index (χ4n) is 3.60. The maximum atomic E-state index is 12.2. The average molecular weight is 428 g/mol. The Labute approximate surface area is 185 Å². The first-order chi connectivity index (χ1) is 15.2. The largest absolute Gasteiger partial charge is 0.389 e. The smallest absolute Gasteiger partial charge is 0.250 e. The van der Waals surface area contributed by atoms with Gasteiger partial charge in [-0.3, -0.25) is 9.59 Å². The fourth-order valence-corrected chi connectivity index (χ4v) is 3.60. The normalized spacial score (nSPS) is 11.5. The van der Waals surface area contributed by atoms with Gasteiger partial charge in [-0.25, -0.2) is 4.98 Å². The van der Waals surface area contributed by atoms with Gasteiger partial charge in [-0.15, -0.1) is 0 Å². The number of nitrogens with zero attached hydrogens (tertiary/aromatic N) is 2. The lowest BCUT2D eigenvalue weighted by atomic mass is 10.0. The number of fused-ring (bicyclic) bond motifs is 1. The first kappa shape index (κ1) is 21.3. The van der Waals surface area contributed by atoms with Gasteiger partial charge in [0.1, 0.15) is 5.65 Å². The second-order valence-electron chi connectivity index (χ2n) is 8.29. The van der Waals surface area contributed by atoms with Crippen molar-refractivity contribution in [3.63, 3.8) is 0 Å². The highest BCUT2D eigenvalue weighted by Crippen LogP contribution is 2.31. The Bertz CT molecular complexity index is 1380. The van der Waals surface area contributed by atoms with Crippen molar-refractivity contribution in [3.8, 4) is 22.3 Å². The summed E-state index contributed by atoms with van der Waals surface area (Å²) in [5.41, 5.74) is 3.73. The van der Waals surface area contributed by atoms with Crippen LogP contribution in [0.4, 0.5) is 5.69 Å². The minimum absolute atomic E-state index is 0.173. The summed E-state index contributed by atoms with van der Waals surface area (Å²) < 4.78 is 1.51. The molecule has 0 atom stereocenters. The van der Waals surface area contributed by atoms with E-state index in [1.165, 1.54) is 16.7 Å². The molecule has 0 aliphatic carbocycles.